The van der Waals surface area contributed by atoms with E-state index in [-0.39, 0.29) is 5.78 Å². The van der Waals surface area contributed by atoms with Crippen molar-refractivity contribution in [3.63, 3.8) is 0 Å². The summed E-state index contributed by atoms with van der Waals surface area (Å²) in [5.74, 6) is 1.85. The van der Waals surface area contributed by atoms with Crippen LogP contribution in [0, 0.1) is 0 Å². The van der Waals surface area contributed by atoms with Crippen molar-refractivity contribution in [1.82, 2.24) is 0 Å². The monoisotopic (exact) mass is 304 g/mol. The quantitative estimate of drug-likeness (QED) is 0.375. The molecule has 2 rings (SSSR count). The summed E-state index contributed by atoms with van der Waals surface area (Å²) >= 11 is 3.36. The molecule has 0 aliphatic heterocycles. The Morgan fingerprint density at radius 1 is 1.20 bits per heavy atom. The van der Waals surface area contributed by atoms with Gasteiger partial charge in [-0.3, -0.25) is 4.79 Å². The van der Waals surface area contributed by atoms with Crippen LogP contribution in [-0.2, 0) is 0 Å². The molecule has 1 aromatic carbocycles. The van der Waals surface area contributed by atoms with Gasteiger partial charge in [0.15, 0.2) is 5.78 Å². The molecular weight excluding hydrogens is 284 g/mol. The Morgan fingerprint density at radius 3 is 2.55 bits per heavy atom. The molecule has 0 N–H and O–H groups in total. The second kappa shape index (κ2) is 7.65. The Labute approximate surface area is 129 Å². The molecule has 0 radical (unpaired) electrons. The summed E-state index contributed by atoms with van der Waals surface area (Å²) in [5.41, 5.74) is 1.38. The van der Waals surface area contributed by atoms with Gasteiger partial charge in [-0.15, -0.1) is 23.1 Å². The molecule has 0 atom stereocenters. The summed E-state index contributed by atoms with van der Waals surface area (Å²) in [5, 5.41) is 1.96. The molecule has 2 aromatic rings. The first kappa shape index (κ1) is 15.3. The number of carbonyl (C=O) groups excluding carboxylic acids is 1. The van der Waals surface area contributed by atoms with Gasteiger partial charge in [-0.05, 0) is 47.2 Å². The molecule has 1 heterocycles. The van der Waals surface area contributed by atoms with Crippen molar-refractivity contribution in [2.45, 2.75) is 37.5 Å². The van der Waals surface area contributed by atoms with Crippen LogP contribution in [0.4, 0.5) is 0 Å². The third kappa shape index (κ3) is 4.50. The minimum Gasteiger partial charge on any atom is -0.293 e. The summed E-state index contributed by atoms with van der Waals surface area (Å²) < 4.78 is 0. The highest BCUT2D eigenvalue weighted by molar-refractivity contribution is 7.99. The third-order valence-corrected chi connectivity index (χ3v) is 5.17. The van der Waals surface area contributed by atoms with Crippen LogP contribution >= 0.6 is 23.1 Å². The molecule has 0 spiro atoms. The van der Waals surface area contributed by atoms with Crippen molar-refractivity contribution in [2.75, 3.05) is 5.75 Å². The SMILES string of the molecule is CC(C)c1ccc(SCCCC(=O)c2cccs2)cc1. The number of hydrogen-bond donors (Lipinski definition) is 0. The van der Waals surface area contributed by atoms with E-state index in [0.29, 0.717) is 12.3 Å². The van der Waals surface area contributed by atoms with Crippen LogP contribution in [-0.4, -0.2) is 11.5 Å². The fourth-order valence-electron chi connectivity index (χ4n) is 1.93. The highest BCUT2D eigenvalue weighted by Gasteiger charge is 2.06. The maximum atomic E-state index is 11.8. The van der Waals surface area contributed by atoms with E-state index in [1.807, 2.05) is 29.3 Å². The number of hydrogen-bond acceptors (Lipinski definition) is 3. The molecule has 1 aromatic heterocycles. The third-order valence-electron chi connectivity index (χ3n) is 3.16. The molecule has 0 fully saturated rings. The van der Waals surface area contributed by atoms with E-state index in [1.54, 1.807) is 0 Å². The summed E-state index contributed by atoms with van der Waals surface area (Å²) in [6, 6.07) is 12.6. The highest BCUT2D eigenvalue weighted by atomic mass is 32.2. The second-order valence-electron chi connectivity index (χ2n) is 5.08. The Morgan fingerprint density at radius 2 is 1.95 bits per heavy atom. The van der Waals surface area contributed by atoms with Gasteiger partial charge in [0.25, 0.3) is 0 Å². The van der Waals surface area contributed by atoms with Gasteiger partial charge in [-0.2, -0.15) is 0 Å². The molecule has 0 amide bonds. The van der Waals surface area contributed by atoms with E-state index < -0.39 is 0 Å². The molecule has 0 saturated carbocycles. The summed E-state index contributed by atoms with van der Waals surface area (Å²) in [6.45, 7) is 4.41. The van der Waals surface area contributed by atoms with Gasteiger partial charge < -0.3 is 0 Å². The van der Waals surface area contributed by atoms with Crippen molar-refractivity contribution >= 4 is 28.9 Å². The first-order chi connectivity index (χ1) is 9.66. The van der Waals surface area contributed by atoms with Gasteiger partial charge in [-0.1, -0.05) is 32.0 Å². The lowest BCUT2D eigenvalue weighted by Gasteiger charge is -2.06. The highest BCUT2D eigenvalue weighted by Crippen LogP contribution is 2.23. The lowest BCUT2D eigenvalue weighted by Crippen LogP contribution is -1.96. The van der Waals surface area contributed by atoms with E-state index in [2.05, 4.69) is 38.1 Å². The summed E-state index contributed by atoms with van der Waals surface area (Å²) in [7, 11) is 0. The zero-order valence-corrected chi connectivity index (χ0v) is 13.6. The maximum Gasteiger partial charge on any atom is 0.172 e. The first-order valence-electron chi connectivity index (χ1n) is 6.96. The fraction of sp³-hybridized carbons (Fsp3) is 0.353. The minimum absolute atomic E-state index is 0.274. The Bertz CT molecular complexity index is 527. The van der Waals surface area contributed by atoms with Gasteiger partial charge in [0, 0.05) is 11.3 Å². The van der Waals surface area contributed by atoms with Gasteiger partial charge in [0.2, 0.25) is 0 Å². The molecule has 0 aliphatic carbocycles. The van der Waals surface area contributed by atoms with Crippen LogP contribution in [0.2, 0.25) is 0 Å². The zero-order chi connectivity index (χ0) is 14.4. The van der Waals surface area contributed by atoms with Crippen LogP contribution in [0.15, 0.2) is 46.7 Å². The molecule has 106 valence electrons. The first-order valence-corrected chi connectivity index (χ1v) is 8.83. The molecular formula is C17H20OS2. The van der Waals surface area contributed by atoms with Gasteiger partial charge in [-0.25, -0.2) is 0 Å². The lowest BCUT2D eigenvalue weighted by atomic mass is 10.0. The van der Waals surface area contributed by atoms with Crippen molar-refractivity contribution < 1.29 is 4.79 Å². The van der Waals surface area contributed by atoms with Crippen molar-refractivity contribution in [1.29, 1.82) is 0 Å². The standard InChI is InChI=1S/C17H20OS2/c1-13(2)14-7-9-15(10-8-14)19-11-3-5-16(18)17-6-4-12-20-17/h4,6-10,12-13H,3,5,11H2,1-2H3. The van der Waals surface area contributed by atoms with Crippen molar-refractivity contribution in [2.24, 2.45) is 0 Å². The lowest BCUT2D eigenvalue weighted by molar-refractivity contribution is 0.0986. The van der Waals surface area contributed by atoms with Crippen LogP contribution in [0.3, 0.4) is 0 Å². The zero-order valence-electron chi connectivity index (χ0n) is 12.0. The second-order valence-corrected chi connectivity index (χ2v) is 7.19. The normalized spacial score (nSPS) is 10.9. The topological polar surface area (TPSA) is 17.1 Å². The average molecular weight is 304 g/mol. The average Bonchev–Trinajstić information content (AvgIpc) is 2.98. The smallest absolute Gasteiger partial charge is 0.172 e. The Kier molecular flexibility index (Phi) is 5.86. The van der Waals surface area contributed by atoms with E-state index in [4.69, 9.17) is 0 Å². The van der Waals surface area contributed by atoms with Gasteiger partial charge in [0.05, 0.1) is 4.88 Å². The van der Waals surface area contributed by atoms with Crippen molar-refractivity contribution in [3.8, 4) is 0 Å². The molecule has 1 nitrogen and oxygen atoms in total. The van der Waals surface area contributed by atoms with Crippen molar-refractivity contribution in [3.05, 3.63) is 52.2 Å². The van der Waals surface area contributed by atoms with Crippen LogP contribution in [0.25, 0.3) is 0 Å². The molecule has 0 bridgehead atoms. The Balaban J connectivity index is 1.72. The summed E-state index contributed by atoms with van der Waals surface area (Å²) in [4.78, 5) is 14.0. The van der Waals surface area contributed by atoms with E-state index in [1.165, 1.54) is 21.8 Å². The number of carbonyl (C=O) groups is 1. The number of benzene rings is 1. The Hall–Kier alpha value is -1.06. The number of thiophene rings is 1. The number of Topliss-reactive ketones (excluding diaryl/α,β-unsaturated/α-hetero) is 1. The fourth-order valence-corrected chi connectivity index (χ4v) is 3.48. The largest absolute Gasteiger partial charge is 0.293 e. The summed E-state index contributed by atoms with van der Waals surface area (Å²) in [6.07, 6.45) is 1.59. The molecule has 0 unspecified atom stereocenters. The van der Waals surface area contributed by atoms with Crippen LogP contribution in [0.1, 0.15) is 47.8 Å². The van der Waals surface area contributed by atoms with E-state index >= 15 is 0 Å². The number of rotatable bonds is 7. The van der Waals surface area contributed by atoms with Crippen LogP contribution in [0.5, 0.6) is 0 Å². The number of thioether (sulfide) groups is 1. The predicted molar refractivity (Wildman–Crippen MR) is 89.1 cm³/mol. The van der Waals surface area contributed by atoms with Crippen LogP contribution < -0.4 is 0 Å². The molecule has 3 heteroatoms. The van der Waals surface area contributed by atoms with E-state index in [0.717, 1.165) is 17.1 Å². The predicted octanol–water partition coefficient (Wildman–Crippen LogP) is 5.63. The van der Waals surface area contributed by atoms with E-state index in [9.17, 15) is 4.79 Å². The molecule has 20 heavy (non-hydrogen) atoms. The van der Waals surface area contributed by atoms with Gasteiger partial charge in [0.1, 0.15) is 0 Å². The number of ketones is 1. The maximum absolute atomic E-state index is 11.8. The molecule has 0 aliphatic rings. The minimum atomic E-state index is 0.274. The molecule has 0 saturated heterocycles. The van der Waals surface area contributed by atoms with Gasteiger partial charge >= 0.3 is 0 Å².